The fourth-order valence-corrected chi connectivity index (χ4v) is 2.66. The highest BCUT2D eigenvalue weighted by molar-refractivity contribution is 9.10. The number of piperidine rings is 1. The van der Waals surface area contributed by atoms with E-state index >= 15 is 0 Å². The van der Waals surface area contributed by atoms with Crippen LogP contribution in [-0.4, -0.2) is 24.0 Å². The average Bonchev–Trinajstić information content (AvgIpc) is 2.36. The van der Waals surface area contributed by atoms with Crippen molar-refractivity contribution in [3.63, 3.8) is 0 Å². The Morgan fingerprint density at radius 3 is 2.32 bits per heavy atom. The van der Waals surface area contributed by atoms with Crippen molar-refractivity contribution < 1.29 is 4.79 Å². The highest BCUT2D eigenvalue weighted by atomic mass is 79.9. The second-order valence-electron chi connectivity index (χ2n) is 5.52. The van der Waals surface area contributed by atoms with E-state index in [9.17, 15) is 4.79 Å². The number of likely N-dealkylation sites (tertiary alicyclic amines) is 1. The molecular formula is C15H21BrN2O. The van der Waals surface area contributed by atoms with Crippen molar-refractivity contribution in [2.24, 2.45) is 5.92 Å². The molecule has 0 aliphatic carbocycles. The molecule has 1 aliphatic rings. The molecule has 0 unspecified atom stereocenters. The Morgan fingerprint density at radius 1 is 1.26 bits per heavy atom. The van der Waals surface area contributed by atoms with Crippen molar-refractivity contribution in [2.75, 3.05) is 18.4 Å². The number of carbonyl (C=O) groups is 1. The van der Waals surface area contributed by atoms with Gasteiger partial charge in [-0.05, 0) is 55.9 Å². The molecule has 1 aromatic carbocycles. The molecule has 2 rings (SSSR count). The number of benzene rings is 1. The summed E-state index contributed by atoms with van der Waals surface area (Å²) in [5.74, 6) is 0.737. The summed E-state index contributed by atoms with van der Waals surface area (Å²) in [6.07, 6.45) is 2.21. The van der Waals surface area contributed by atoms with Crippen LogP contribution in [-0.2, 0) is 0 Å². The predicted molar refractivity (Wildman–Crippen MR) is 82.6 cm³/mol. The van der Waals surface area contributed by atoms with Crippen LogP contribution >= 0.6 is 15.9 Å². The molecule has 0 atom stereocenters. The number of anilines is 1. The minimum absolute atomic E-state index is 0.0213. The number of nitrogens with zero attached hydrogens (tertiary/aromatic N) is 1. The summed E-state index contributed by atoms with van der Waals surface area (Å²) in [7, 11) is 0. The lowest BCUT2D eigenvalue weighted by Gasteiger charge is -2.30. The molecule has 1 fully saturated rings. The van der Waals surface area contributed by atoms with E-state index < -0.39 is 0 Å². The zero-order chi connectivity index (χ0) is 14.0. The van der Waals surface area contributed by atoms with Crippen molar-refractivity contribution in [3.8, 4) is 0 Å². The molecule has 0 saturated carbocycles. The van der Waals surface area contributed by atoms with E-state index in [2.05, 4.69) is 28.2 Å². The Morgan fingerprint density at radius 2 is 1.79 bits per heavy atom. The summed E-state index contributed by atoms with van der Waals surface area (Å²) < 4.78 is 1.11. The van der Waals surface area contributed by atoms with E-state index in [4.69, 9.17) is 0 Å². The summed E-state index contributed by atoms with van der Waals surface area (Å²) in [5, 5.41) is 3.00. The minimum Gasteiger partial charge on any atom is -0.325 e. The van der Waals surface area contributed by atoms with Crippen LogP contribution in [0, 0.1) is 19.8 Å². The molecule has 1 heterocycles. The highest BCUT2D eigenvalue weighted by Crippen LogP contribution is 2.25. The van der Waals surface area contributed by atoms with Gasteiger partial charge >= 0.3 is 6.03 Å². The molecule has 1 N–H and O–H groups in total. The first-order valence-corrected chi connectivity index (χ1v) is 7.59. The van der Waals surface area contributed by atoms with E-state index in [0.717, 1.165) is 53.1 Å². The zero-order valence-electron chi connectivity index (χ0n) is 11.8. The first-order chi connectivity index (χ1) is 8.97. The Bertz CT molecular complexity index is 456. The molecule has 104 valence electrons. The molecule has 1 aromatic rings. The van der Waals surface area contributed by atoms with E-state index in [1.807, 2.05) is 30.9 Å². The lowest BCUT2D eigenvalue weighted by Crippen LogP contribution is -2.40. The van der Waals surface area contributed by atoms with Gasteiger partial charge in [-0.2, -0.15) is 0 Å². The van der Waals surface area contributed by atoms with Crippen LogP contribution < -0.4 is 5.32 Å². The third kappa shape index (κ3) is 3.50. The summed E-state index contributed by atoms with van der Waals surface area (Å²) in [6.45, 7) is 8.05. The number of aryl methyl sites for hydroxylation is 2. The average molecular weight is 325 g/mol. The highest BCUT2D eigenvalue weighted by Gasteiger charge is 2.20. The lowest BCUT2D eigenvalue weighted by molar-refractivity contribution is 0.186. The standard InChI is InChI=1S/C15H21BrN2O/c1-10-4-6-18(7-5-10)15(19)17-13-8-11(2)14(16)12(3)9-13/h8-10H,4-7H2,1-3H3,(H,17,19). The topological polar surface area (TPSA) is 32.3 Å². The fourth-order valence-electron chi connectivity index (χ4n) is 2.43. The summed E-state index contributed by atoms with van der Waals surface area (Å²) >= 11 is 3.54. The maximum Gasteiger partial charge on any atom is 0.321 e. The van der Waals surface area contributed by atoms with Gasteiger partial charge in [0, 0.05) is 23.2 Å². The summed E-state index contributed by atoms with van der Waals surface area (Å²) in [5.41, 5.74) is 3.16. The van der Waals surface area contributed by atoms with Crippen LogP contribution in [0.3, 0.4) is 0 Å². The van der Waals surface area contributed by atoms with E-state index in [0.29, 0.717) is 0 Å². The third-order valence-electron chi connectivity index (χ3n) is 3.76. The van der Waals surface area contributed by atoms with E-state index in [-0.39, 0.29) is 6.03 Å². The lowest BCUT2D eigenvalue weighted by atomic mass is 10.00. The van der Waals surface area contributed by atoms with Gasteiger partial charge in [-0.25, -0.2) is 4.79 Å². The van der Waals surface area contributed by atoms with E-state index in [1.165, 1.54) is 0 Å². The van der Waals surface area contributed by atoms with Crippen molar-refractivity contribution in [1.29, 1.82) is 0 Å². The number of hydrogen-bond donors (Lipinski definition) is 1. The van der Waals surface area contributed by atoms with Crippen LogP contribution in [0.25, 0.3) is 0 Å². The van der Waals surface area contributed by atoms with Gasteiger partial charge in [0.15, 0.2) is 0 Å². The monoisotopic (exact) mass is 324 g/mol. The van der Waals surface area contributed by atoms with Gasteiger partial charge in [-0.15, -0.1) is 0 Å². The molecule has 1 aliphatic heterocycles. The van der Waals surface area contributed by atoms with Crippen molar-refractivity contribution >= 4 is 27.6 Å². The summed E-state index contributed by atoms with van der Waals surface area (Å²) in [4.78, 5) is 14.1. The number of carbonyl (C=O) groups excluding carboxylic acids is 1. The van der Waals surface area contributed by atoms with Crippen LogP contribution in [0.1, 0.15) is 30.9 Å². The van der Waals surface area contributed by atoms with Gasteiger partial charge < -0.3 is 10.2 Å². The molecule has 1 saturated heterocycles. The molecule has 2 amide bonds. The second kappa shape index (κ2) is 5.95. The van der Waals surface area contributed by atoms with Gasteiger partial charge in [-0.1, -0.05) is 22.9 Å². The second-order valence-corrected chi connectivity index (χ2v) is 6.32. The van der Waals surface area contributed by atoms with Crippen LogP contribution in [0.4, 0.5) is 10.5 Å². The van der Waals surface area contributed by atoms with Crippen LogP contribution in [0.5, 0.6) is 0 Å². The predicted octanol–water partition coefficient (Wildman–Crippen LogP) is 4.33. The van der Waals surface area contributed by atoms with Gasteiger partial charge in [0.05, 0.1) is 0 Å². The molecule has 0 radical (unpaired) electrons. The molecule has 0 aromatic heterocycles. The number of hydrogen-bond acceptors (Lipinski definition) is 1. The number of amides is 2. The third-order valence-corrected chi connectivity index (χ3v) is 5.01. The number of rotatable bonds is 1. The van der Waals surface area contributed by atoms with Crippen molar-refractivity contribution in [1.82, 2.24) is 4.90 Å². The quantitative estimate of drug-likeness (QED) is 0.819. The first-order valence-electron chi connectivity index (χ1n) is 6.80. The molecule has 0 bridgehead atoms. The number of urea groups is 1. The first kappa shape index (κ1) is 14.4. The fraction of sp³-hybridized carbons (Fsp3) is 0.533. The molecule has 4 heteroatoms. The van der Waals surface area contributed by atoms with Crippen molar-refractivity contribution in [3.05, 3.63) is 27.7 Å². The van der Waals surface area contributed by atoms with Crippen LogP contribution in [0.15, 0.2) is 16.6 Å². The SMILES string of the molecule is Cc1cc(NC(=O)N2CCC(C)CC2)cc(C)c1Br. The minimum atomic E-state index is 0.0213. The maximum absolute atomic E-state index is 12.2. The molecule has 19 heavy (non-hydrogen) atoms. The largest absolute Gasteiger partial charge is 0.325 e. The van der Waals surface area contributed by atoms with Gasteiger partial charge in [-0.3, -0.25) is 0 Å². The molecular weight excluding hydrogens is 304 g/mol. The van der Waals surface area contributed by atoms with Crippen LogP contribution in [0.2, 0.25) is 0 Å². The van der Waals surface area contributed by atoms with Gasteiger partial charge in [0.25, 0.3) is 0 Å². The van der Waals surface area contributed by atoms with Crippen molar-refractivity contribution in [2.45, 2.75) is 33.6 Å². The maximum atomic E-state index is 12.2. The van der Waals surface area contributed by atoms with Gasteiger partial charge in [0.1, 0.15) is 0 Å². The Balaban J connectivity index is 2.03. The smallest absolute Gasteiger partial charge is 0.321 e. The number of nitrogens with one attached hydrogen (secondary N) is 1. The summed E-state index contributed by atoms with van der Waals surface area (Å²) in [6, 6.07) is 4.02. The van der Waals surface area contributed by atoms with Gasteiger partial charge in [0.2, 0.25) is 0 Å². The molecule has 0 spiro atoms. The normalized spacial score (nSPS) is 16.5. The Kier molecular flexibility index (Phi) is 4.50. The zero-order valence-corrected chi connectivity index (χ0v) is 13.4. The Labute approximate surface area is 123 Å². The molecule has 3 nitrogen and oxygen atoms in total. The Hall–Kier alpha value is -1.03. The van der Waals surface area contributed by atoms with E-state index in [1.54, 1.807) is 0 Å². The number of halogens is 1.